The number of hydrogen-bond acceptors (Lipinski definition) is 7. The summed E-state index contributed by atoms with van der Waals surface area (Å²) in [4.78, 5) is 30.3. The maximum absolute atomic E-state index is 13.2. The third-order valence-corrected chi connectivity index (χ3v) is 6.45. The van der Waals surface area contributed by atoms with Crippen LogP contribution in [0.25, 0.3) is 5.76 Å². The number of carbonyl (C=O) groups is 2. The van der Waals surface area contributed by atoms with Gasteiger partial charge in [-0.05, 0) is 62.2 Å². The predicted molar refractivity (Wildman–Crippen MR) is 136 cm³/mol. The molecule has 0 radical (unpaired) electrons. The average Bonchev–Trinajstić information content (AvgIpc) is 3.14. The van der Waals surface area contributed by atoms with Crippen molar-refractivity contribution >= 4 is 17.4 Å². The van der Waals surface area contributed by atoms with Gasteiger partial charge in [0.05, 0.1) is 38.0 Å². The Labute approximate surface area is 212 Å². The lowest BCUT2D eigenvalue weighted by atomic mass is 9.95. The molecule has 2 heterocycles. The van der Waals surface area contributed by atoms with Crippen LogP contribution >= 0.6 is 0 Å². The summed E-state index contributed by atoms with van der Waals surface area (Å²) in [6.45, 7) is 8.23. The largest absolute Gasteiger partial charge is 0.507 e. The number of carbonyl (C=O) groups excluding carboxylic acids is 2. The summed E-state index contributed by atoms with van der Waals surface area (Å²) in [5.74, 6) is -0.137. The lowest BCUT2D eigenvalue weighted by Gasteiger charge is -2.29. The van der Waals surface area contributed by atoms with Crippen molar-refractivity contribution < 1.29 is 28.9 Å². The Kier molecular flexibility index (Phi) is 8.28. The first-order chi connectivity index (χ1) is 17.4. The number of ether oxygens (including phenoxy) is 3. The average molecular weight is 495 g/mol. The van der Waals surface area contributed by atoms with Gasteiger partial charge in [0.2, 0.25) is 0 Å². The molecule has 1 N–H and O–H groups in total. The number of Topliss-reactive ketones (excluding diaryl/α,β-unsaturated/α-hetero) is 1. The smallest absolute Gasteiger partial charge is 0.295 e. The van der Waals surface area contributed by atoms with E-state index in [0.717, 1.165) is 25.2 Å². The molecule has 1 atom stereocenters. The van der Waals surface area contributed by atoms with Crippen LogP contribution in [0, 0.1) is 0 Å². The van der Waals surface area contributed by atoms with E-state index in [0.29, 0.717) is 43.2 Å². The summed E-state index contributed by atoms with van der Waals surface area (Å²) >= 11 is 0. The molecule has 2 aliphatic heterocycles. The first kappa shape index (κ1) is 25.7. The zero-order chi connectivity index (χ0) is 25.7. The third kappa shape index (κ3) is 5.71. The summed E-state index contributed by atoms with van der Waals surface area (Å²) < 4.78 is 16.4. The van der Waals surface area contributed by atoms with Crippen LogP contribution in [0.2, 0.25) is 0 Å². The van der Waals surface area contributed by atoms with E-state index in [1.54, 1.807) is 36.3 Å². The molecule has 2 aromatic rings. The SMILES string of the molecule is COc1ccc(C(O)=C2C(=O)C(=O)N(CCCN3CCOCC3)[C@H]2c2ccc(OC(C)C)cc2)cc1. The Hall–Kier alpha value is -3.36. The number of aliphatic hydroxyl groups is 1. The molecule has 192 valence electrons. The van der Waals surface area contributed by atoms with Crippen molar-refractivity contribution in [2.45, 2.75) is 32.4 Å². The number of likely N-dealkylation sites (tertiary alicyclic amines) is 1. The van der Waals surface area contributed by atoms with Crippen molar-refractivity contribution in [1.82, 2.24) is 9.80 Å². The van der Waals surface area contributed by atoms with Gasteiger partial charge in [0, 0.05) is 31.7 Å². The van der Waals surface area contributed by atoms with Crippen LogP contribution in [0.5, 0.6) is 11.5 Å². The normalized spacial score (nSPS) is 20.2. The number of aliphatic hydroxyl groups excluding tert-OH is 1. The van der Waals surface area contributed by atoms with Gasteiger partial charge in [0.1, 0.15) is 17.3 Å². The van der Waals surface area contributed by atoms with Crippen molar-refractivity contribution in [3.63, 3.8) is 0 Å². The number of ketones is 1. The first-order valence-corrected chi connectivity index (χ1v) is 12.4. The molecule has 2 fully saturated rings. The molecule has 2 aromatic carbocycles. The lowest BCUT2D eigenvalue weighted by molar-refractivity contribution is -0.140. The van der Waals surface area contributed by atoms with Gasteiger partial charge < -0.3 is 24.2 Å². The Bertz CT molecular complexity index is 1090. The van der Waals surface area contributed by atoms with Crippen molar-refractivity contribution in [3.05, 3.63) is 65.2 Å². The van der Waals surface area contributed by atoms with Crippen molar-refractivity contribution in [2.24, 2.45) is 0 Å². The Morgan fingerprint density at radius 3 is 2.25 bits per heavy atom. The van der Waals surface area contributed by atoms with Crippen molar-refractivity contribution in [3.8, 4) is 11.5 Å². The fourth-order valence-corrected chi connectivity index (χ4v) is 4.65. The number of methoxy groups -OCH3 is 1. The molecule has 8 nitrogen and oxygen atoms in total. The fourth-order valence-electron chi connectivity index (χ4n) is 4.65. The maximum atomic E-state index is 13.2. The summed E-state index contributed by atoms with van der Waals surface area (Å²) in [5.41, 5.74) is 1.28. The van der Waals surface area contributed by atoms with E-state index in [1.807, 2.05) is 38.1 Å². The minimum Gasteiger partial charge on any atom is -0.507 e. The number of amides is 1. The quantitative estimate of drug-likeness (QED) is 0.324. The highest BCUT2D eigenvalue weighted by atomic mass is 16.5. The topological polar surface area (TPSA) is 88.5 Å². The third-order valence-electron chi connectivity index (χ3n) is 6.45. The molecule has 1 amide bonds. The molecule has 2 saturated heterocycles. The number of rotatable bonds is 9. The lowest BCUT2D eigenvalue weighted by Crippen LogP contribution is -2.38. The predicted octanol–water partition coefficient (Wildman–Crippen LogP) is 3.63. The highest BCUT2D eigenvalue weighted by Crippen LogP contribution is 2.40. The van der Waals surface area contributed by atoms with Gasteiger partial charge in [-0.1, -0.05) is 12.1 Å². The Balaban J connectivity index is 1.66. The Morgan fingerprint density at radius 2 is 1.64 bits per heavy atom. The van der Waals surface area contributed by atoms with E-state index in [1.165, 1.54) is 0 Å². The first-order valence-electron chi connectivity index (χ1n) is 12.4. The van der Waals surface area contributed by atoms with Crippen LogP contribution in [0.3, 0.4) is 0 Å². The molecular weight excluding hydrogens is 460 g/mol. The van der Waals surface area contributed by atoms with Gasteiger partial charge >= 0.3 is 0 Å². The van der Waals surface area contributed by atoms with Crippen LogP contribution in [0.4, 0.5) is 0 Å². The molecule has 2 aliphatic rings. The van der Waals surface area contributed by atoms with Crippen LogP contribution in [-0.2, 0) is 14.3 Å². The molecule has 0 bridgehead atoms. The van der Waals surface area contributed by atoms with E-state index in [2.05, 4.69) is 4.90 Å². The van der Waals surface area contributed by atoms with E-state index in [-0.39, 0.29) is 17.4 Å². The van der Waals surface area contributed by atoms with Gasteiger partial charge in [-0.3, -0.25) is 14.5 Å². The number of nitrogens with zero attached hydrogens (tertiary/aromatic N) is 2. The van der Waals surface area contributed by atoms with Gasteiger partial charge in [-0.25, -0.2) is 0 Å². The van der Waals surface area contributed by atoms with Crippen LogP contribution in [-0.4, -0.2) is 79.2 Å². The molecule has 0 aliphatic carbocycles. The maximum Gasteiger partial charge on any atom is 0.295 e. The van der Waals surface area contributed by atoms with Crippen LogP contribution in [0.15, 0.2) is 54.1 Å². The molecule has 4 rings (SSSR count). The van der Waals surface area contributed by atoms with Crippen LogP contribution < -0.4 is 9.47 Å². The number of benzene rings is 2. The minimum absolute atomic E-state index is 0.0248. The summed E-state index contributed by atoms with van der Waals surface area (Å²) in [6.07, 6.45) is 0.734. The number of morpholine rings is 1. The second-order valence-electron chi connectivity index (χ2n) is 9.26. The second kappa shape index (κ2) is 11.6. The van der Waals surface area contributed by atoms with E-state index in [9.17, 15) is 14.7 Å². The fraction of sp³-hybridized carbons (Fsp3) is 0.429. The molecular formula is C28H34N2O6. The molecule has 0 unspecified atom stereocenters. The molecule has 8 heteroatoms. The van der Waals surface area contributed by atoms with Gasteiger partial charge in [0.15, 0.2) is 0 Å². The van der Waals surface area contributed by atoms with Crippen molar-refractivity contribution in [1.29, 1.82) is 0 Å². The molecule has 0 spiro atoms. The van der Waals surface area contributed by atoms with Gasteiger partial charge in [0.25, 0.3) is 11.7 Å². The van der Waals surface area contributed by atoms with Gasteiger partial charge in [-0.2, -0.15) is 0 Å². The van der Waals surface area contributed by atoms with E-state index < -0.39 is 17.7 Å². The summed E-state index contributed by atoms with van der Waals surface area (Å²) in [7, 11) is 1.56. The molecule has 36 heavy (non-hydrogen) atoms. The monoisotopic (exact) mass is 494 g/mol. The van der Waals surface area contributed by atoms with E-state index >= 15 is 0 Å². The van der Waals surface area contributed by atoms with E-state index in [4.69, 9.17) is 14.2 Å². The highest BCUT2D eigenvalue weighted by molar-refractivity contribution is 6.46. The standard InChI is InChI=1S/C28H34N2O6/c1-19(2)36-23-11-5-20(6-12-23)25-24(26(31)21-7-9-22(34-3)10-8-21)27(32)28(33)30(25)14-4-13-29-15-17-35-18-16-29/h5-12,19,25,31H,4,13-18H2,1-3H3/t25-/m0/s1. The molecule has 0 aromatic heterocycles. The minimum atomic E-state index is -0.690. The van der Waals surface area contributed by atoms with Gasteiger partial charge in [-0.15, -0.1) is 0 Å². The second-order valence-corrected chi connectivity index (χ2v) is 9.26. The summed E-state index contributed by atoms with van der Waals surface area (Å²) in [5, 5.41) is 11.2. The van der Waals surface area contributed by atoms with Crippen LogP contribution in [0.1, 0.15) is 37.4 Å². The highest BCUT2D eigenvalue weighted by Gasteiger charge is 2.45. The number of hydrogen-bond donors (Lipinski definition) is 1. The Morgan fingerprint density at radius 1 is 1.00 bits per heavy atom. The zero-order valence-electron chi connectivity index (χ0n) is 21.1. The summed E-state index contributed by atoms with van der Waals surface area (Å²) in [6, 6.07) is 13.4. The van der Waals surface area contributed by atoms with Crippen molar-refractivity contribution in [2.75, 3.05) is 46.5 Å². The zero-order valence-corrected chi connectivity index (χ0v) is 21.1. The molecule has 0 saturated carbocycles.